The summed E-state index contributed by atoms with van der Waals surface area (Å²) in [6, 6.07) is 0. The van der Waals surface area contributed by atoms with Gasteiger partial charge in [-0.2, -0.15) is 0 Å². The summed E-state index contributed by atoms with van der Waals surface area (Å²) in [6.45, 7) is 1.11. The number of nitrogens with zero attached hydrogens (tertiary/aromatic N) is 3. The maximum atomic E-state index is 4.34. The Kier molecular flexibility index (Phi) is 2.57. The lowest BCUT2D eigenvalue weighted by atomic mass is 10.3. The lowest BCUT2D eigenvalue weighted by molar-refractivity contribution is 0.219. The van der Waals surface area contributed by atoms with Crippen LogP contribution in [0.2, 0.25) is 0 Å². The summed E-state index contributed by atoms with van der Waals surface area (Å²) in [4.78, 5) is 10.8. The van der Waals surface area contributed by atoms with Crippen LogP contribution in [0.4, 0.5) is 0 Å². The molecule has 0 aromatic carbocycles. The molecule has 1 aromatic rings. The monoisotopic (exact) mass is 223 g/mol. The Hall–Kier alpha value is -0.690. The molecule has 0 radical (unpaired) electrons. The van der Waals surface area contributed by atoms with Gasteiger partial charge in [0, 0.05) is 18.9 Å². The number of fused-ring (bicyclic) bond motifs is 1. The Balaban J connectivity index is 1.82. The number of thioether (sulfide) groups is 1. The summed E-state index contributed by atoms with van der Waals surface area (Å²) in [5, 5.41) is 0. The van der Waals surface area contributed by atoms with Crippen molar-refractivity contribution >= 4 is 11.8 Å². The van der Waals surface area contributed by atoms with Gasteiger partial charge < -0.3 is 0 Å². The first-order valence-corrected chi connectivity index (χ1v) is 6.14. The van der Waals surface area contributed by atoms with Crippen LogP contribution in [0.15, 0.2) is 18.6 Å². The fourth-order valence-corrected chi connectivity index (χ4v) is 3.06. The second-order valence-electron chi connectivity index (χ2n) is 3.64. The van der Waals surface area contributed by atoms with Crippen LogP contribution < -0.4 is 10.9 Å². The normalized spacial score (nSPS) is 31.5. The highest BCUT2D eigenvalue weighted by atomic mass is 32.2. The lowest BCUT2D eigenvalue weighted by Crippen LogP contribution is -2.38. The molecule has 3 rings (SSSR count). The summed E-state index contributed by atoms with van der Waals surface area (Å²) < 4.78 is 0. The van der Waals surface area contributed by atoms with E-state index < -0.39 is 0 Å². The molecule has 2 aliphatic rings. The highest BCUT2D eigenvalue weighted by Gasteiger charge is 2.36. The molecule has 80 valence electrons. The number of hydrazine groups is 1. The quantitative estimate of drug-likeness (QED) is 0.714. The standard InChI is InChI=1S/C9H13N5S/c1-4-14-8(7-6-10-2-3-11-7)12-13-9(14)15-5-1/h2-3,6,8-9,12-13H,1,4-5H2/t8-,9-/m0/s1. The predicted octanol–water partition coefficient (Wildman–Crippen LogP) is 0.305. The van der Waals surface area contributed by atoms with Gasteiger partial charge in [-0.05, 0) is 12.2 Å². The zero-order chi connectivity index (χ0) is 10.1. The molecule has 2 saturated heterocycles. The van der Waals surface area contributed by atoms with E-state index >= 15 is 0 Å². The third-order valence-corrected chi connectivity index (χ3v) is 3.90. The molecule has 2 N–H and O–H groups in total. The Bertz CT molecular complexity index is 333. The van der Waals surface area contributed by atoms with Crippen LogP contribution in [0.3, 0.4) is 0 Å². The molecule has 1 aromatic heterocycles. The van der Waals surface area contributed by atoms with Crippen LogP contribution in [0, 0.1) is 0 Å². The average Bonchev–Trinajstić information content (AvgIpc) is 2.74. The van der Waals surface area contributed by atoms with E-state index in [9.17, 15) is 0 Å². The Morgan fingerprint density at radius 2 is 2.40 bits per heavy atom. The van der Waals surface area contributed by atoms with Crippen molar-refractivity contribution in [3.05, 3.63) is 24.3 Å². The maximum Gasteiger partial charge on any atom is 0.122 e. The van der Waals surface area contributed by atoms with Gasteiger partial charge in [0.1, 0.15) is 11.7 Å². The van der Waals surface area contributed by atoms with Gasteiger partial charge in [-0.25, -0.2) is 10.9 Å². The number of hydrogen-bond donors (Lipinski definition) is 2. The number of nitrogens with one attached hydrogen (secondary N) is 2. The highest BCUT2D eigenvalue weighted by molar-refractivity contribution is 7.99. The third-order valence-electron chi connectivity index (χ3n) is 2.68. The summed E-state index contributed by atoms with van der Waals surface area (Å²) in [7, 11) is 0. The van der Waals surface area contributed by atoms with Crippen molar-refractivity contribution in [2.45, 2.75) is 18.1 Å². The van der Waals surface area contributed by atoms with Crippen molar-refractivity contribution in [2.75, 3.05) is 12.3 Å². The molecule has 0 amide bonds. The molecular weight excluding hydrogens is 210 g/mol. The van der Waals surface area contributed by atoms with Crippen molar-refractivity contribution in [3.63, 3.8) is 0 Å². The molecule has 0 spiro atoms. The minimum Gasteiger partial charge on any atom is -0.261 e. The first-order valence-electron chi connectivity index (χ1n) is 5.09. The summed E-state index contributed by atoms with van der Waals surface area (Å²) >= 11 is 1.94. The fourth-order valence-electron chi connectivity index (χ4n) is 1.97. The van der Waals surface area contributed by atoms with Crippen LogP contribution in [0.1, 0.15) is 18.3 Å². The minimum atomic E-state index is 0.163. The minimum absolute atomic E-state index is 0.163. The molecular formula is C9H13N5S. The van der Waals surface area contributed by atoms with E-state index in [2.05, 4.69) is 25.7 Å². The van der Waals surface area contributed by atoms with Crippen molar-refractivity contribution in [2.24, 2.45) is 0 Å². The molecule has 2 atom stereocenters. The molecule has 5 nitrogen and oxygen atoms in total. The Morgan fingerprint density at radius 1 is 1.40 bits per heavy atom. The zero-order valence-corrected chi connectivity index (χ0v) is 9.07. The van der Waals surface area contributed by atoms with E-state index in [1.54, 1.807) is 12.4 Å². The van der Waals surface area contributed by atoms with Crippen molar-refractivity contribution in [1.82, 2.24) is 25.7 Å². The van der Waals surface area contributed by atoms with Gasteiger partial charge in [0.15, 0.2) is 0 Å². The number of hydrogen-bond acceptors (Lipinski definition) is 6. The first-order chi connectivity index (χ1) is 7.45. The predicted molar refractivity (Wildman–Crippen MR) is 58.6 cm³/mol. The van der Waals surface area contributed by atoms with Gasteiger partial charge in [-0.1, -0.05) is 0 Å². The summed E-state index contributed by atoms with van der Waals surface area (Å²) in [6.07, 6.45) is 6.66. The van der Waals surface area contributed by atoms with Crippen LogP contribution in [-0.2, 0) is 0 Å². The SMILES string of the molecule is c1cnc([C@H]2NN[C@@H]3SCCCN32)cn1. The molecule has 3 heterocycles. The van der Waals surface area contributed by atoms with E-state index in [0.717, 1.165) is 12.2 Å². The maximum absolute atomic E-state index is 4.34. The second-order valence-corrected chi connectivity index (χ2v) is 4.82. The smallest absolute Gasteiger partial charge is 0.122 e. The summed E-state index contributed by atoms with van der Waals surface area (Å²) in [5.74, 6) is 1.23. The van der Waals surface area contributed by atoms with Gasteiger partial charge in [0.05, 0.1) is 11.9 Å². The van der Waals surface area contributed by atoms with Crippen LogP contribution in [-0.4, -0.2) is 32.7 Å². The van der Waals surface area contributed by atoms with Crippen molar-refractivity contribution in [3.8, 4) is 0 Å². The third kappa shape index (κ3) is 1.74. The Morgan fingerprint density at radius 3 is 3.27 bits per heavy atom. The highest BCUT2D eigenvalue weighted by Crippen LogP contribution is 2.30. The topological polar surface area (TPSA) is 53.1 Å². The van der Waals surface area contributed by atoms with Crippen LogP contribution in [0.5, 0.6) is 0 Å². The summed E-state index contributed by atoms with van der Waals surface area (Å²) in [5.41, 5.74) is 7.91. The largest absolute Gasteiger partial charge is 0.261 e. The van der Waals surface area contributed by atoms with Crippen LogP contribution >= 0.6 is 11.8 Å². The molecule has 2 fully saturated rings. The molecule has 0 unspecified atom stereocenters. The van der Waals surface area contributed by atoms with E-state index in [4.69, 9.17) is 0 Å². The van der Waals surface area contributed by atoms with Gasteiger partial charge in [-0.15, -0.1) is 11.8 Å². The van der Waals surface area contributed by atoms with Gasteiger partial charge >= 0.3 is 0 Å². The fraction of sp³-hybridized carbons (Fsp3) is 0.556. The van der Waals surface area contributed by atoms with E-state index in [0.29, 0.717) is 5.50 Å². The molecule has 0 aliphatic carbocycles. The number of rotatable bonds is 1. The van der Waals surface area contributed by atoms with Gasteiger partial charge in [-0.3, -0.25) is 14.9 Å². The van der Waals surface area contributed by atoms with E-state index in [-0.39, 0.29) is 6.17 Å². The van der Waals surface area contributed by atoms with Gasteiger partial charge in [0.2, 0.25) is 0 Å². The molecule has 0 bridgehead atoms. The molecule has 6 heteroatoms. The number of aromatic nitrogens is 2. The molecule has 0 saturated carbocycles. The molecule has 15 heavy (non-hydrogen) atoms. The Labute approximate surface area is 92.6 Å². The van der Waals surface area contributed by atoms with Crippen molar-refractivity contribution in [1.29, 1.82) is 0 Å². The van der Waals surface area contributed by atoms with E-state index in [1.165, 1.54) is 12.2 Å². The molecule has 2 aliphatic heterocycles. The zero-order valence-electron chi connectivity index (χ0n) is 8.26. The van der Waals surface area contributed by atoms with Gasteiger partial charge in [0.25, 0.3) is 0 Å². The van der Waals surface area contributed by atoms with Crippen LogP contribution in [0.25, 0.3) is 0 Å². The second kappa shape index (κ2) is 4.05. The van der Waals surface area contributed by atoms with E-state index in [1.807, 2.05) is 18.0 Å². The first kappa shape index (κ1) is 9.53. The lowest BCUT2D eigenvalue weighted by Gasteiger charge is -2.30. The average molecular weight is 223 g/mol. The van der Waals surface area contributed by atoms with Crippen molar-refractivity contribution < 1.29 is 0 Å².